The highest BCUT2D eigenvalue weighted by Crippen LogP contribution is 2.35. The second-order valence-electron chi connectivity index (χ2n) is 12.7. The van der Waals surface area contributed by atoms with Crippen molar-refractivity contribution in [2.45, 2.75) is 19.8 Å². The van der Waals surface area contributed by atoms with E-state index in [-0.39, 0.29) is 0 Å². The van der Waals surface area contributed by atoms with Crippen LogP contribution in [0.2, 0.25) is 0 Å². The molecule has 0 saturated heterocycles. The van der Waals surface area contributed by atoms with Gasteiger partial charge in [0, 0.05) is 0 Å². The number of carbonyl (C=O) groups excluding carboxylic acids is 3. The number of hydrogen-bond donors (Lipinski definition) is 0. The summed E-state index contributed by atoms with van der Waals surface area (Å²) in [6.45, 7) is 0.904. The second kappa shape index (κ2) is 17.0. The average Bonchev–Trinajstić information content (AvgIpc) is 3.24. The van der Waals surface area contributed by atoms with Gasteiger partial charge in [-0.05, 0) is 123 Å². The first-order valence-corrected chi connectivity index (χ1v) is 17.5. The topological polar surface area (TPSA) is 78.9 Å². The fourth-order valence-corrected chi connectivity index (χ4v) is 6.26. The first-order chi connectivity index (χ1) is 26.6. The summed E-state index contributed by atoms with van der Waals surface area (Å²) >= 11 is 0. The van der Waals surface area contributed by atoms with Gasteiger partial charge in [-0.2, -0.15) is 0 Å². The van der Waals surface area contributed by atoms with Gasteiger partial charge in [0.25, 0.3) is 0 Å². The maximum Gasteiger partial charge on any atom is 0.153 e. The molecule has 7 aromatic carbocycles. The Morgan fingerprint density at radius 1 is 0.315 bits per heavy atom. The lowest BCUT2D eigenvalue weighted by Gasteiger charge is -2.15. The summed E-state index contributed by atoms with van der Waals surface area (Å²) in [4.78, 5) is 34.7. The molecule has 0 unspecified atom stereocenters. The Kier molecular flexibility index (Phi) is 11.1. The summed E-state index contributed by atoms with van der Waals surface area (Å²) in [5, 5.41) is 0. The highest BCUT2D eigenvalue weighted by Gasteiger charge is 2.12. The summed E-state index contributed by atoms with van der Waals surface area (Å²) in [7, 11) is 0. The standard InChI is InChI=1S/C48H36O6/c49-28-40-13-1-4-19-46(40)52-31-34-10-7-16-37(22-34)43-25-44(38-17-8-11-35(23-38)32-53-47-20-5-2-14-41(47)29-50)27-45(26-43)39-18-9-12-36(24-39)33-54-48-21-6-3-15-42(48)30-51/h1-30H,31-33H2. The van der Waals surface area contributed by atoms with Crippen molar-refractivity contribution >= 4 is 18.9 Å². The summed E-state index contributed by atoms with van der Waals surface area (Å²) in [5.41, 5.74) is 10.5. The minimum atomic E-state index is 0.301. The van der Waals surface area contributed by atoms with E-state index in [0.717, 1.165) is 68.9 Å². The molecule has 6 heteroatoms. The van der Waals surface area contributed by atoms with Crippen LogP contribution in [0.3, 0.4) is 0 Å². The number of aldehydes is 3. The molecular weight excluding hydrogens is 673 g/mol. The zero-order valence-electron chi connectivity index (χ0n) is 29.4. The maximum absolute atomic E-state index is 11.6. The highest BCUT2D eigenvalue weighted by atomic mass is 16.5. The van der Waals surface area contributed by atoms with Crippen LogP contribution in [-0.2, 0) is 19.8 Å². The molecule has 0 radical (unpaired) electrons. The van der Waals surface area contributed by atoms with Crippen molar-refractivity contribution in [1.29, 1.82) is 0 Å². The molecule has 0 heterocycles. The number of hydrogen-bond acceptors (Lipinski definition) is 6. The Hall–Kier alpha value is -7.05. The van der Waals surface area contributed by atoms with E-state index < -0.39 is 0 Å². The molecule has 0 aliphatic carbocycles. The van der Waals surface area contributed by atoms with Crippen molar-refractivity contribution in [3.63, 3.8) is 0 Å². The number of carbonyl (C=O) groups is 3. The Bertz CT molecular complexity index is 2150. The largest absolute Gasteiger partial charge is 0.488 e. The fourth-order valence-electron chi connectivity index (χ4n) is 6.26. The van der Waals surface area contributed by atoms with Crippen LogP contribution in [0.1, 0.15) is 47.8 Å². The van der Waals surface area contributed by atoms with Crippen LogP contribution in [0.25, 0.3) is 33.4 Å². The summed E-state index contributed by atoms with van der Waals surface area (Å²) < 4.78 is 18.2. The number of ether oxygens (including phenoxy) is 3. The molecule has 7 aromatic rings. The molecule has 0 atom stereocenters. The monoisotopic (exact) mass is 708 g/mol. The molecule has 54 heavy (non-hydrogen) atoms. The molecular formula is C48H36O6. The predicted molar refractivity (Wildman–Crippen MR) is 211 cm³/mol. The molecule has 0 fully saturated rings. The van der Waals surface area contributed by atoms with E-state index in [9.17, 15) is 14.4 Å². The van der Waals surface area contributed by atoms with E-state index in [1.165, 1.54) is 0 Å². The second-order valence-corrected chi connectivity index (χ2v) is 12.7. The fraction of sp³-hybridized carbons (Fsp3) is 0.0625. The molecule has 0 aliphatic heterocycles. The van der Waals surface area contributed by atoms with Gasteiger partial charge in [0.15, 0.2) is 18.9 Å². The molecule has 264 valence electrons. The van der Waals surface area contributed by atoms with E-state index in [2.05, 4.69) is 54.6 Å². The summed E-state index contributed by atoms with van der Waals surface area (Å²) in [6, 6.07) is 52.7. The van der Waals surface area contributed by atoms with Gasteiger partial charge in [0.1, 0.15) is 37.1 Å². The van der Waals surface area contributed by atoms with Crippen molar-refractivity contribution in [1.82, 2.24) is 0 Å². The van der Waals surface area contributed by atoms with Crippen LogP contribution < -0.4 is 14.2 Å². The Balaban J connectivity index is 1.22. The van der Waals surface area contributed by atoms with Crippen molar-refractivity contribution in [2.75, 3.05) is 0 Å². The Morgan fingerprint density at radius 2 is 0.611 bits per heavy atom. The summed E-state index contributed by atoms with van der Waals surface area (Å²) in [6.07, 6.45) is 2.40. The van der Waals surface area contributed by atoms with Crippen molar-refractivity contribution < 1.29 is 28.6 Å². The van der Waals surface area contributed by atoms with Crippen LogP contribution in [0.15, 0.2) is 164 Å². The van der Waals surface area contributed by atoms with E-state index in [1.54, 1.807) is 36.4 Å². The van der Waals surface area contributed by atoms with Gasteiger partial charge in [-0.15, -0.1) is 0 Å². The molecule has 0 aromatic heterocycles. The van der Waals surface area contributed by atoms with E-state index in [0.29, 0.717) is 53.8 Å². The zero-order valence-corrected chi connectivity index (χ0v) is 29.4. The molecule has 6 nitrogen and oxygen atoms in total. The number of benzene rings is 7. The lowest BCUT2D eigenvalue weighted by atomic mass is 9.92. The van der Waals surface area contributed by atoms with Crippen LogP contribution in [0.4, 0.5) is 0 Å². The van der Waals surface area contributed by atoms with Gasteiger partial charge in [-0.25, -0.2) is 0 Å². The molecule has 0 aliphatic rings. The van der Waals surface area contributed by atoms with Gasteiger partial charge in [0.05, 0.1) is 16.7 Å². The normalized spacial score (nSPS) is 10.7. The van der Waals surface area contributed by atoms with E-state index in [1.807, 2.05) is 72.8 Å². The number of rotatable bonds is 15. The Morgan fingerprint density at radius 3 is 0.907 bits per heavy atom. The lowest BCUT2D eigenvalue weighted by Crippen LogP contribution is -1.99. The van der Waals surface area contributed by atoms with Crippen molar-refractivity contribution in [3.05, 3.63) is 197 Å². The quantitative estimate of drug-likeness (QED) is 0.0987. The first-order valence-electron chi connectivity index (χ1n) is 17.5. The summed E-state index contributed by atoms with van der Waals surface area (Å²) in [5.74, 6) is 1.62. The average molecular weight is 709 g/mol. The predicted octanol–water partition coefficient (Wildman–Crippen LogP) is 10.9. The maximum atomic E-state index is 11.6. The lowest BCUT2D eigenvalue weighted by molar-refractivity contribution is 0.111. The third-order valence-corrected chi connectivity index (χ3v) is 9.03. The van der Waals surface area contributed by atoms with E-state index >= 15 is 0 Å². The van der Waals surface area contributed by atoms with Crippen LogP contribution in [-0.4, -0.2) is 18.9 Å². The van der Waals surface area contributed by atoms with Gasteiger partial charge in [-0.1, -0.05) is 91.0 Å². The Labute approximate surface area is 314 Å². The van der Waals surface area contributed by atoms with Crippen LogP contribution in [0, 0.1) is 0 Å². The SMILES string of the molecule is O=Cc1ccccc1OCc1cccc(-c2cc(-c3cccc(COc4ccccc4C=O)c3)cc(-c3cccc(COc4ccccc4C=O)c3)c2)c1. The van der Waals surface area contributed by atoms with Gasteiger partial charge in [-0.3, -0.25) is 14.4 Å². The third-order valence-electron chi connectivity index (χ3n) is 9.03. The molecule has 0 bridgehead atoms. The minimum absolute atomic E-state index is 0.301. The molecule has 7 rings (SSSR count). The van der Waals surface area contributed by atoms with Gasteiger partial charge < -0.3 is 14.2 Å². The molecule has 0 saturated carbocycles. The van der Waals surface area contributed by atoms with Crippen LogP contribution in [0.5, 0.6) is 17.2 Å². The highest BCUT2D eigenvalue weighted by molar-refractivity contribution is 5.82. The minimum Gasteiger partial charge on any atom is -0.488 e. The molecule has 0 spiro atoms. The van der Waals surface area contributed by atoms with Gasteiger partial charge in [0.2, 0.25) is 0 Å². The molecule has 0 N–H and O–H groups in total. The van der Waals surface area contributed by atoms with Crippen molar-refractivity contribution in [2.24, 2.45) is 0 Å². The smallest absolute Gasteiger partial charge is 0.153 e. The third kappa shape index (κ3) is 8.52. The molecule has 0 amide bonds. The van der Waals surface area contributed by atoms with E-state index in [4.69, 9.17) is 14.2 Å². The van der Waals surface area contributed by atoms with Crippen LogP contribution >= 0.6 is 0 Å². The van der Waals surface area contributed by atoms with Gasteiger partial charge >= 0.3 is 0 Å². The zero-order chi connectivity index (χ0) is 37.1. The number of para-hydroxylation sites is 3. The van der Waals surface area contributed by atoms with Crippen molar-refractivity contribution in [3.8, 4) is 50.6 Å². The first kappa shape index (κ1) is 35.4.